The van der Waals surface area contributed by atoms with Gasteiger partial charge < -0.3 is 10.4 Å². The number of nitrogens with one attached hydrogen (secondary N) is 1. The Hall–Kier alpha value is -1.95. The number of nitrogens with zero attached hydrogens (tertiary/aromatic N) is 2. The van der Waals surface area contributed by atoms with Gasteiger partial charge in [0.15, 0.2) is 5.69 Å². The van der Waals surface area contributed by atoms with Gasteiger partial charge in [0.2, 0.25) is 0 Å². The van der Waals surface area contributed by atoms with Gasteiger partial charge in [0, 0.05) is 10.2 Å². The lowest BCUT2D eigenvalue weighted by Crippen LogP contribution is -2.03. The van der Waals surface area contributed by atoms with Gasteiger partial charge in [-0.1, -0.05) is 15.9 Å². The van der Waals surface area contributed by atoms with Crippen LogP contribution < -0.4 is 5.32 Å². The van der Waals surface area contributed by atoms with E-state index in [0.29, 0.717) is 5.82 Å². The summed E-state index contributed by atoms with van der Waals surface area (Å²) >= 11 is 3.39. The Kier molecular flexibility index (Phi) is 3.57. The van der Waals surface area contributed by atoms with Crippen LogP contribution in [0.5, 0.6) is 0 Å². The van der Waals surface area contributed by atoms with Gasteiger partial charge in [0.05, 0.1) is 12.4 Å². The van der Waals surface area contributed by atoms with E-state index in [0.717, 1.165) is 15.7 Å². The molecule has 0 aliphatic carbocycles. The number of rotatable bonds is 3. The van der Waals surface area contributed by atoms with E-state index in [9.17, 15) is 4.79 Å². The van der Waals surface area contributed by atoms with Crippen LogP contribution in [-0.2, 0) is 0 Å². The number of aromatic nitrogens is 2. The Bertz CT molecular complexity index is 584. The lowest BCUT2D eigenvalue weighted by atomic mass is 10.2. The van der Waals surface area contributed by atoms with Gasteiger partial charge in [0.25, 0.3) is 0 Å². The van der Waals surface area contributed by atoms with Crippen LogP contribution in [0.25, 0.3) is 0 Å². The molecule has 0 aliphatic heterocycles. The van der Waals surface area contributed by atoms with Gasteiger partial charge in [-0.15, -0.1) is 0 Å². The molecular weight excluding hydrogens is 298 g/mol. The molecule has 0 radical (unpaired) electrons. The summed E-state index contributed by atoms with van der Waals surface area (Å²) in [6.45, 7) is 1.96. The van der Waals surface area contributed by atoms with Crippen molar-refractivity contribution in [3.63, 3.8) is 0 Å². The minimum atomic E-state index is -1.09. The van der Waals surface area contributed by atoms with Gasteiger partial charge in [-0.25, -0.2) is 14.8 Å². The monoisotopic (exact) mass is 307 g/mol. The zero-order valence-electron chi connectivity index (χ0n) is 9.51. The van der Waals surface area contributed by atoms with Gasteiger partial charge in [0.1, 0.15) is 5.82 Å². The van der Waals surface area contributed by atoms with Gasteiger partial charge >= 0.3 is 5.97 Å². The highest BCUT2D eigenvalue weighted by Crippen LogP contribution is 2.22. The summed E-state index contributed by atoms with van der Waals surface area (Å²) in [4.78, 5) is 18.4. The molecule has 0 unspecified atom stereocenters. The Morgan fingerprint density at radius 3 is 2.67 bits per heavy atom. The standard InChI is InChI=1S/C12H10BrN3O2/c1-7-4-8(13)2-3-9(7)16-11-6-14-10(5-15-11)12(17)18/h2-6H,1H3,(H,15,16)(H,17,18). The Morgan fingerprint density at radius 1 is 1.33 bits per heavy atom. The molecule has 0 atom stereocenters. The summed E-state index contributed by atoms with van der Waals surface area (Å²) in [6, 6.07) is 5.79. The van der Waals surface area contributed by atoms with E-state index in [1.54, 1.807) is 0 Å². The molecule has 2 aromatic rings. The zero-order chi connectivity index (χ0) is 13.1. The van der Waals surface area contributed by atoms with Crippen molar-refractivity contribution in [3.05, 3.63) is 46.3 Å². The first-order valence-electron chi connectivity index (χ1n) is 5.15. The summed E-state index contributed by atoms with van der Waals surface area (Å²) in [5.41, 5.74) is 1.87. The van der Waals surface area contributed by atoms with E-state index in [1.807, 2.05) is 25.1 Å². The highest BCUT2D eigenvalue weighted by molar-refractivity contribution is 9.10. The van der Waals surface area contributed by atoms with Crippen LogP contribution in [0, 0.1) is 6.92 Å². The molecule has 0 aliphatic rings. The Labute approximate surface area is 112 Å². The van der Waals surface area contributed by atoms with Crippen molar-refractivity contribution in [1.82, 2.24) is 9.97 Å². The average Bonchev–Trinajstić information content (AvgIpc) is 2.33. The molecule has 5 nitrogen and oxygen atoms in total. The molecule has 1 aromatic carbocycles. The Balaban J connectivity index is 2.21. The van der Waals surface area contributed by atoms with Gasteiger partial charge in [-0.3, -0.25) is 0 Å². The molecule has 0 saturated heterocycles. The van der Waals surface area contributed by atoms with Crippen molar-refractivity contribution >= 4 is 33.4 Å². The number of halogens is 1. The third kappa shape index (κ3) is 2.84. The van der Waals surface area contributed by atoms with Gasteiger partial charge in [-0.2, -0.15) is 0 Å². The number of carboxylic acids is 1. The fourth-order valence-corrected chi connectivity index (χ4v) is 1.88. The lowest BCUT2D eigenvalue weighted by molar-refractivity contribution is 0.0690. The fourth-order valence-electron chi connectivity index (χ4n) is 1.41. The lowest BCUT2D eigenvalue weighted by Gasteiger charge is -2.08. The number of hydrogen-bond donors (Lipinski definition) is 2. The van der Waals surface area contributed by atoms with Gasteiger partial charge in [-0.05, 0) is 30.7 Å². The molecule has 2 N–H and O–H groups in total. The molecular formula is C12H10BrN3O2. The number of hydrogen-bond acceptors (Lipinski definition) is 4. The van der Waals surface area contributed by atoms with Crippen molar-refractivity contribution in [1.29, 1.82) is 0 Å². The quantitative estimate of drug-likeness (QED) is 0.911. The van der Waals surface area contributed by atoms with E-state index in [2.05, 4.69) is 31.2 Å². The number of aryl methyl sites for hydroxylation is 1. The van der Waals surface area contributed by atoms with Crippen molar-refractivity contribution in [2.75, 3.05) is 5.32 Å². The SMILES string of the molecule is Cc1cc(Br)ccc1Nc1cnc(C(=O)O)cn1. The third-order valence-electron chi connectivity index (χ3n) is 2.32. The molecule has 0 bridgehead atoms. The minimum absolute atomic E-state index is 0.0759. The number of carbonyl (C=O) groups is 1. The van der Waals surface area contributed by atoms with Crippen LogP contribution in [0.2, 0.25) is 0 Å². The zero-order valence-corrected chi connectivity index (χ0v) is 11.1. The second-order valence-corrected chi connectivity index (χ2v) is 4.59. The number of benzene rings is 1. The summed E-state index contributed by atoms with van der Waals surface area (Å²) in [7, 11) is 0. The number of aromatic carboxylic acids is 1. The highest BCUT2D eigenvalue weighted by Gasteiger charge is 2.05. The van der Waals surface area contributed by atoms with E-state index in [-0.39, 0.29) is 5.69 Å². The predicted molar refractivity (Wildman–Crippen MR) is 71.2 cm³/mol. The topological polar surface area (TPSA) is 75.1 Å². The average molecular weight is 308 g/mol. The summed E-state index contributed by atoms with van der Waals surface area (Å²) in [5, 5.41) is 11.8. The molecule has 1 aromatic heterocycles. The third-order valence-corrected chi connectivity index (χ3v) is 2.82. The molecule has 18 heavy (non-hydrogen) atoms. The van der Waals surface area contributed by atoms with Crippen LogP contribution in [0.4, 0.5) is 11.5 Å². The normalized spacial score (nSPS) is 10.1. The molecule has 0 saturated carbocycles. The van der Waals surface area contributed by atoms with E-state index in [4.69, 9.17) is 5.11 Å². The summed E-state index contributed by atoms with van der Waals surface area (Å²) in [5.74, 6) is -0.584. The molecule has 0 amide bonds. The molecule has 0 fully saturated rings. The van der Waals surface area contributed by atoms with Crippen LogP contribution in [0.3, 0.4) is 0 Å². The van der Waals surface area contributed by atoms with E-state index >= 15 is 0 Å². The first-order chi connectivity index (χ1) is 8.56. The number of anilines is 2. The minimum Gasteiger partial charge on any atom is -0.476 e. The van der Waals surface area contributed by atoms with Crippen molar-refractivity contribution < 1.29 is 9.90 Å². The summed E-state index contributed by atoms with van der Waals surface area (Å²) < 4.78 is 0.998. The van der Waals surface area contributed by atoms with Crippen LogP contribution in [0.15, 0.2) is 35.1 Å². The van der Waals surface area contributed by atoms with Crippen molar-refractivity contribution in [2.24, 2.45) is 0 Å². The second kappa shape index (κ2) is 5.14. The molecule has 92 valence electrons. The molecule has 1 heterocycles. The highest BCUT2D eigenvalue weighted by atomic mass is 79.9. The maximum atomic E-state index is 10.6. The number of carboxylic acid groups (broad SMARTS) is 1. The second-order valence-electron chi connectivity index (χ2n) is 3.68. The fraction of sp³-hybridized carbons (Fsp3) is 0.0833. The Morgan fingerprint density at radius 2 is 2.11 bits per heavy atom. The predicted octanol–water partition coefficient (Wildman–Crippen LogP) is 2.99. The van der Waals surface area contributed by atoms with E-state index in [1.165, 1.54) is 12.4 Å². The maximum Gasteiger partial charge on any atom is 0.356 e. The summed E-state index contributed by atoms with van der Waals surface area (Å²) in [6.07, 6.45) is 2.61. The molecule has 6 heteroatoms. The van der Waals surface area contributed by atoms with Crippen LogP contribution in [-0.4, -0.2) is 21.0 Å². The maximum absolute atomic E-state index is 10.6. The van der Waals surface area contributed by atoms with Crippen molar-refractivity contribution in [3.8, 4) is 0 Å². The van der Waals surface area contributed by atoms with E-state index < -0.39 is 5.97 Å². The van der Waals surface area contributed by atoms with Crippen LogP contribution in [0.1, 0.15) is 16.1 Å². The van der Waals surface area contributed by atoms with Crippen molar-refractivity contribution in [2.45, 2.75) is 6.92 Å². The molecule has 0 spiro atoms. The first-order valence-corrected chi connectivity index (χ1v) is 5.94. The molecule has 2 rings (SSSR count). The first kappa shape index (κ1) is 12.5. The smallest absolute Gasteiger partial charge is 0.356 e. The largest absolute Gasteiger partial charge is 0.476 e. The van der Waals surface area contributed by atoms with Crippen LogP contribution >= 0.6 is 15.9 Å².